The molecule has 0 radical (unpaired) electrons. The average Bonchev–Trinajstić information content (AvgIpc) is 3.18. The molecule has 0 bridgehead atoms. The third kappa shape index (κ3) is 5.02. The van der Waals surface area contributed by atoms with Gasteiger partial charge in [0.25, 0.3) is 11.8 Å². The van der Waals surface area contributed by atoms with Gasteiger partial charge in [-0.1, -0.05) is 23.7 Å². The fourth-order valence-electron chi connectivity index (χ4n) is 3.74. The lowest BCUT2D eigenvalue weighted by molar-refractivity contribution is 0.0864. The maximum atomic E-state index is 13.1. The van der Waals surface area contributed by atoms with Gasteiger partial charge < -0.3 is 20.2 Å². The van der Waals surface area contributed by atoms with Crippen molar-refractivity contribution < 1.29 is 19.1 Å². The van der Waals surface area contributed by atoms with Crippen LogP contribution >= 0.6 is 11.6 Å². The number of nitrogens with zero attached hydrogens (tertiary/aromatic N) is 1. The maximum Gasteiger partial charge on any atom is 0.286 e. The highest BCUT2D eigenvalue weighted by atomic mass is 35.5. The third-order valence-corrected chi connectivity index (χ3v) is 5.59. The summed E-state index contributed by atoms with van der Waals surface area (Å²) in [6.07, 6.45) is 2.34. The van der Waals surface area contributed by atoms with Crippen LogP contribution in [0.25, 0.3) is 0 Å². The Hall–Kier alpha value is -2.82. The van der Waals surface area contributed by atoms with Gasteiger partial charge in [0.15, 0.2) is 5.76 Å². The first-order valence-electron chi connectivity index (χ1n) is 9.90. The molecule has 1 heterocycles. The Morgan fingerprint density at radius 2 is 2.00 bits per heavy atom. The largest absolute Gasteiger partial charge is 0.454 e. The van der Waals surface area contributed by atoms with Crippen molar-refractivity contribution in [3.8, 4) is 6.07 Å². The van der Waals surface area contributed by atoms with Crippen LogP contribution in [-0.4, -0.2) is 36.1 Å². The van der Waals surface area contributed by atoms with Gasteiger partial charge >= 0.3 is 0 Å². The minimum Gasteiger partial charge on any atom is -0.454 e. The van der Waals surface area contributed by atoms with Crippen molar-refractivity contribution in [1.29, 1.82) is 5.26 Å². The molecule has 3 rings (SSSR count). The first-order chi connectivity index (χ1) is 14.4. The predicted molar refractivity (Wildman–Crippen MR) is 111 cm³/mol. The lowest BCUT2D eigenvalue weighted by Gasteiger charge is -2.26. The molecule has 1 atom stereocenters. The molecule has 158 valence electrons. The molecule has 2 aromatic rings. The number of benzene rings is 1. The van der Waals surface area contributed by atoms with Crippen molar-refractivity contribution in [1.82, 2.24) is 10.6 Å². The quantitative estimate of drug-likeness (QED) is 0.651. The van der Waals surface area contributed by atoms with E-state index in [0.29, 0.717) is 30.7 Å². The molecule has 1 unspecified atom stereocenters. The summed E-state index contributed by atoms with van der Waals surface area (Å²) in [7, 11) is 1.47. The molecule has 1 saturated carbocycles. The second kappa shape index (κ2) is 9.79. The van der Waals surface area contributed by atoms with E-state index >= 15 is 0 Å². The summed E-state index contributed by atoms with van der Waals surface area (Å²) >= 11 is 6.12. The molecule has 1 fully saturated rings. The van der Waals surface area contributed by atoms with Gasteiger partial charge in [0.2, 0.25) is 0 Å². The number of hydrogen-bond acceptors (Lipinski definition) is 5. The lowest BCUT2D eigenvalue weighted by Crippen LogP contribution is -2.38. The van der Waals surface area contributed by atoms with Crippen LogP contribution in [0.4, 0.5) is 0 Å². The molecule has 7 nitrogen and oxygen atoms in total. The van der Waals surface area contributed by atoms with E-state index in [2.05, 4.69) is 16.7 Å². The first-order valence-corrected chi connectivity index (χ1v) is 10.3. The Balaban J connectivity index is 1.97. The molecule has 0 saturated heterocycles. The Morgan fingerprint density at radius 3 is 2.63 bits per heavy atom. The van der Waals surface area contributed by atoms with Crippen molar-refractivity contribution in [2.45, 2.75) is 50.2 Å². The van der Waals surface area contributed by atoms with Crippen molar-refractivity contribution >= 4 is 23.4 Å². The van der Waals surface area contributed by atoms with E-state index in [0.717, 1.165) is 5.56 Å². The molecular formula is C22H24ClN3O4. The average molecular weight is 430 g/mol. The summed E-state index contributed by atoms with van der Waals surface area (Å²) in [5, 5.41) is 25.0. The number of nitriles is 1. The van der Waals surface area contributed by atoms with Gasteiger partial charge in [-0.15, -0.1) is 0 Å². The summed E-state index contributed by atoms with van der Waals surface area (Å²) in [6, 6.07) is 10.5. The second-order valence-corrected chi connectivity index (χ2v) is 7.85. The van der Waals surface area contributed by atoms with E-state index in [1.807, 2.05) is 0 Å². The highest BCUT2D eigenvalue weighted by molar-refractivity contribution is 6.30. The Bertz CT molecular complexity index is 958. The molecule has 3 N–H and O–H groups in total. The second-order valence-electron chi connectivity index (χ2n) is 7.42. The van der Waals surface area contributed by atoms with Gasteiger partial charge in [-0.05, 0) is 43.4 Å². The molecule has 1 aromatic heterocycles. The number of halogens is 1. The SMILES string of the molecule is CNC(=O)c1cc(C(=O)NC2CCC(O)CC2)c(C(CC#N)c2cccc(Cl)c2)o1. The van der Waals surface area contributed by atoms with E-state index in [-0.39, 0.29) is 41.6 Å². The monoisotopic (exact) mass is 429 g/mol. The number of rotatable bonds is 6. The van der Waals surface area contributed by atoms with Crippen molar-refractivity contribution in [2.24, 2.45) is 0 Å². The molecular weight excluding hydrogens is 406 g/mol. The topological polar surface area (TPSA) is 115 Å². The molecule has 0 spiro atoms. The number of carbonyl (C=O) groups excluding carboxylic acids is 2. The van der Waals surface area contributed by atoms with Crippen LogP contribution in [0, 0.1) is 11.3 Å². The highest BCUT2D eigenvalue weighted by Gasteiger charge is 2.30. The summed E-state index contributed by atoms with van der Waals surface area (Å²) in [4.78, 5) is 25.2. The van der Waals surface area contributed by atoms with Gasteiger partial charge in [0, 0.05) is 30.6 Å². The van der Waals surface area contributed by atoms with Crippen LogP contribution in [0.1, 0.15) is 70.3 Å². The smallest absolute Gasteiger partial charge is 0.286 e. The van der Waals surface area contributed by atoms with E-state index in [9.17, 15) is 20.0 Å². The van der Waals surface area contributed by atoms with Crippen molar-refractivity contribution in [2.75, 3.05) is 7.05 Å². The molecule has 8 heteroatoms. The zero-order valence-electron chi connectivity index (χ0n) is 16.7. The molecule has 1 aliphatic carbocycles. The normalized spacial score (nSPS) is 19.5. The summed E-state index contributed by atoms with van der Waals surface area (Å²) in [5.41, 5.74) is 0.941. The summed E-state index contributed by atoms with van der Waals surface area (Å²) in [5.74, 6) is -1.12. The molecule has 1 aliphatic rings. The van der Waals surface area contributed by atoms with Gasteiger partial charge in [-0.25, -0.2) is 0 Å². The van der Waals surface area contributed by atoms with E-state index in [1.165, 1.54) is 13.1 Å². The van der Waals surface area contributed by atoms with Crippen LogP contribution in [0.15, 0.2) is 34.7 Å². The van der Waals surface area contributed by atoms with Crippen molar-refractivity contribution in [3.05, 3.63) is 58.0 Å². The van der Waals surface area contributed by atoms with Crippen LogP contribution in [-0.2, 0) is 0 Å². The Labute approximate surface area is 180 Å². The van der Waals surface area contributed by atoms with Gasteiger partial charge in [-0.3, -0.25) is 9.59 Å². The number of hydrogen-bond donors (Lipinski definition) is 3. The number of aliphatic hydroxyl groups excluding tert-OH is 1. The maximum absolute atomic E-state index is 13.1. The number of aliphatic hydroxyl groups is 1. The van der Waals surface area contributed by atoms with Gasteiger partial charge in [0.1, 0.15) is 5.76 Å². The highest BCUT2D eigenvalue weighted by Crippen LogP contribution is 2.34. The lowest BCUT2D eigenvalue weighted by atomic mass is 9.90. The van der Waals surface area contributed by atoms with Gasteiger partial charge in [0.05, 0.1) is 23.7 Å². The Morgan fingerprint density at radius 1 is 1.27 bits per heavy atom. The zero-order valence-corrected chi connectivity index (χ0v) is 17.4. The molecule has 30 heavy (non-hydrogen) atoms. The van der Waals surface area contributed by atoms with Crippen LogP contribution in [0.2, 0.25) is 5.02 Å². The van der Waals surface area contributed by atoms with Crippen molar-refractivity contribution in [3.63, 3.8) is 0 Å². The molecule has 1 aromatic carbocycles. The third-order valence-electron chi connectivity index (χ3n) is 5.35. The Kier molecular flexibility index (Phi) is 7.14. The number of carbonyl (C=O) groups is 2. The number of nitrogens with one attached hydrogen (secondary N) is 2. The fourth-order valence-corrected chi connectivity index (χ4v) is 3.94. The van der Waals surface area contributed by atoms with Gasteiger partial charge in [-0.2, -0.15) is 5.26 Å². The zero-order chi connectivity index (χ0) is 21.7. The number of furan rings is 1. The molecule has 0 aliphatic heterocycles. The van der Waals surface area contributed by atoms with Crippen LogP contribution in [0.3, 0.4) is 0 Å². The summed E-state index contributed by atoms with van der Waals surface area (Å²) in [6.45, 7) is 0. The standard InChI is InChI=1S/C22H24ClN3O4/c1-25-22(29)19-12-18(21(28)26-15-5-7-16(27)8-6-15)20(30-19)17(9-10-24)13-3-2-4-14(23)11-13/h2-4,11-12,15-17,27H,5-9H2,1H3,(H,25,29)(H,26,28). The molecule has 2 amide bonds. The van der Waals surface area contributed by atoms with E-state index in [4.69, 9.17) is 16.0 Å². The fraction of sp³-hybridized carbons (Fsp3) is 0.409. The summed E-state index contributed by atoms with van der Waals surface area (Å²) < 4.78 is 5.80. The van der Waals surface area contributed by atoms with Crippen LogP contribution in [0.5, 0.6) is 0 Å². The minimum absolute atomic E-state index is 0.00156. The minimum atomic E-state index is -0.555. The predicted octanol–water partition coefficient (Wildman–Crippen LogP) is 3.37. The van der Waals surface area contributed by atoms with E-state index in [1.54, 1.807) is 24.3 Å². The van der Waals surface area contributed by atoms with E-state index < -0.39 is 11.8 Å². The number of amides is 2. The van der Waals surface area contributed by atoms with Crippen LogP contribution < -0.4 is 10.6 Å². The first kappa shape index (κ1) is 21.9.